The number of fused-ring (bicyclic) bond motifs is 1. The van der Waals surface area contributed by atoms with E-state index < -0.39 is 0 Å². The van der Waals surface area contributed by atoms with Gasteiger partial charge in [0.05, 0.1) is 6.04 Å². The van der Waals surface area contributed by atoms with Crippen LogP contribution in [-0.2, 0) is 11.3 Å². The van der Waals surface area contributed by atoms with Crippen molar-refractivity contribution in [2.24, 2.45) is 5.92 Å². The number of halogens is 1. The van der Waals surface area contributed by atoms with Gasteiger partial charge in [-0.3, -0.25) is 9.59 Å². The van der Waals surface area contributed by atoms with E-state index in [1.165, 1.54) is 25.7 Å². The Labute approximate surface area is 155 Å². The SMILES string of the molecule is CCNC(=O)c1ccc(CNC(=O)C2CC3CCCCC3N2)cc1.Cl. The van der Waals surface area contributed by atoms with Crippen LogP contribution in [0.1, 0.15) is 54.9 Å². The van der Waals surface area contributed by atoms with Gasteiger partial charge in [-0.2, -0.15) is 0 Å². The van der Waals surface area contributed by atoms with Crippen LogP contribution in [0.3, 0.4) is 0 Å². The van der Waals surface area contributed by atoms with Gasteiger partial charge in [-0.15, -0.1) is 12.4 Å². The maximum Gasteiger partial charge on any atom is 0.251 e. The van der Waals surface area contributed by atoms with Gasteiger partial charge in [0.25, 0.3) is 5.91 Å². The standard InChI is InChI=1S/C19H27N3O2.ClH/c1-2-20-18(23)14-9-7-13(8-10-14)12-21-19(24)17-11-15-5-3-4-6-16(15)22-17;/h7-10,15-17,22H,2-6,11-12H2,1H3,(H,20,23)(H,21,24);1H. The minimum atomic E-state index is -0.0640. The zero-order chi connectivity index (χ0) is 16.9. The maximum atomic E-state index is 12.4. The summed E-state index contributed by atoms with van der Waals surface area (Å²) in [6.07, 6.45) is 6.00. The molecule has 3 N–H and O–H groups in total. The fraction of sp³-hybridized carbons (Fsp3) is 0.579. The first-order valence-electron chi connectivity index (χ1n) is 9.08. The van der Waals surface area contributed by atoms with Crippen molar-refractivity contribution in [1.29, 1.82) is 0 Å². The number of hydrogen-bond donors (Lipinski definition) is 3. The fourth-order valence-corrected chi connectivity index (χ4v) is 3.87. The largest absolute Gasteiger partial charge is 0.352 e. The average molecular weight is 366 g/mol. The van der Waals surface area contributed by atoms with Crippen molar-refractivity contribution in [1.82, 2.24) is 16.0 Å². The van der Waals surface area contributed by atoms with Crippen molar-refractivity contribution in [2.75, 3.05) is 6.54 Å². The molecule has 1 heterocycles. The molecule has 3 atom stereocenters. The zero-order valence-electron chi connectivity index (χ0n) is 14.7. The Bertz CT molecular complexity index is 577. The first-order chi connectivity index (χ1) is 11.7. The minimum absolute atomic E-state index is 0. The van der Waals surface area contributed by atoms with Crippen LogP contribution < -0.4 is 16.0 Å². The van der Waals surface area contributed by atoms with Gasteiger partial charge in [-0.05, 0) is 49.8 Å². The van der Waals surface area contributed by atoms with E-state index in [1.807, 2.05) is 19.1 Å². The van der Waals surface area contributed by atoms with Gasteiger partial charge in [0.2, 0.25) is 5.91 Å². The van der Waals surface area contributed by atoms with E-state index in [-0.39, 0.29) is 30.3 Å². The molecule has 0 radical (unpaired) electrons. The Kier molecular flexibility index (Phi) is 7.26. The predicted molar refractivity (Wildman–Crippen MR) is 101 cm³/mol. The second-order valence-electron chi connectivity index (χ2n) is 6.88. The smallest absolute Gasteiger partial charge is 0.251 e. The van der Waals surface area contributed by atoms with E-state index in [1.54, 1.807) is 12.1 Å². The molecule has 3 unspecified atom stereocenters. The third kappa shape index (κ3) is 4.95. The molecule has 2 fully saturated rings. The monoisotopic (exact) mass is 365 g/mol. The second-order valence-corrected chi connectivity index (χ2v) is 6.88. The Balaban J connectivity index is 0.00000225. The van der Waals surface area contributed by atoms with Crippen molar-refractivity contribution in [3.05, 3.63) is 35.4 Å². The number of amides is 2. The van der Waals surface area contributed by atoms with E-state index in [4.69, 9.17) is 0 Å². The van der Waals surface area contributed by atoms with E-state index in [0.29, 0.717) is 30.6 Å². The summed E-state index contributed by atoms with van der Waals surface area (Å²) in [5, 5.41) is 9.30. The molecule has 6 heteroatoms. The Morgan fingerprint density at radius 3 is 2.52 bits per heavy atom. The highest BCUT2D eigenvalue weighted by Gasteiger charge is 2.37. The molecule has 0 aromatic heterocycles. The third-order valence-electron chi connectivity index (χ3n) is 5.20. The van der Waals surface area contributed by atoms with E-state index in [0.717, 1.165) is 12.0 Å². The number of carbonyl (C=O) groups is 2. The van der Waals surface area contributed by atoms with E-state index in [9.17, 15) is 9.59 Å². The Hall–Kier alpha value is -1.59. The number of rotatable bonds is 5. The van der Waals surface area contributed by atoms with Crippen LogP contribution in [0.4, 0.5) is 0 Å². The first-order valence-corrected chi connectivity index (χ1v) is 9.08. The van der Waals surface area contributed by atoms with Crippen molar-refractivity contribution < 1.29 is 9.59 Å². The minimum Gasteiger partial charge on any atom is -0.352 e. The van der Waals surface area contributed by atoms with Gasteiger partial charge in [0.15, 0.2) is 0 Å². The highest BCUT2D eigenvalue weighted by Crippen LogP contribution is 2.33. The summed E-state index contributed by atoms with van der Waals surface area (Å²) in [6, 6.07) is 7.88. The molecule has 2 aliphatic rings. The molecular formula is C19H28ClN3O2. The van der Waals surface area contributed by atoms with Crippen LogP contribution in [0, 0.1) is 5.92 Å². The summed E-state index contributed by atoms with van der Waals surface area (Å²) in [4.78, 5) is 24.1. The van der Waals surface area contributed by atoms with Crippen molar-refractivity contribution in [3.63, 3.8) is 0 Å². The van der Waals surface area contributed by atoms with E-state index >= 15 is 0 Å². The molecule has 3 rings (SSSR count). The average Bonchev–Trinajstić information content (AvgIpc) is 3.04. The summed E-state index contributed by atoms with van der Waals surface area (Å²) in [6.45, 7) is 3.02. The summed E-state index contributed by atoms with van der Waals surface area (Å²) >= 11 is 0. The topological polar surface area (TPSA) is 70.2 Å². The Morgan fingerprint density at radius 2 is 1.84 bits per heavy atom. The summed E-state index contributed by atoms with van der Waals surface area (Å²) < 4.78 is 0. The lowest BCUT2D eigenvalue weighted by Crippen LogP contribution is -2.42. The predicted octanol–water partition coefficient (Wildman–Crippen LogP) is 2.40. The highest BCUT2D eigenvalue weighted by atomic mass is 35.5. The van der Waals surface area contributed by atoms with Crippen molar-refractivity contribution in [2.45, 2.75) is 57.7 Å². The molecular weight excluding hydrogens is 338 g/mol. The lowest BCUT2D eigenvalue weighted by molar-refractivity contribution is -0.123. The molecule has 1 saturated heterocycles. The number of nitrogens with one attached hydrogen (secondary N) is 3. The molecule has 138 valence electrons. The van der Waals surface area contributed by atoms with Gasteiger partial charge in [-0.1, -0.05) is 25.0 Å². The molecule has 5 nitrogen and oxygen atoms in total. The normalized spacial score (nSPS) is 24.8. The van der Waals surface area contributed by atoms with Gasteiger partial charge in [-0.25, -0.2) is 0 Å². The zero-order valence-corrected chi connectivity index (χ0v) is 15.5. The van der Waals surface area contributed by atoms with Crippen LogP contribution in [0.15, 0.2) is 24.3 Å². The molecule has 2 amide bonds. The lowest BCUT2D eigenvalue weighted by Gasteiger charge is -2.24. The maximum absolute atomic E-state index is 12.4. The van der Waals surface area contributed by atoms with Gasteiger partial charge in [0, 0.05) is 24.7 Å². The van der Waals surface area contributed by atoms with Crippen LogP contribution in [0.2, 0.25) is 0 Å². The number of benzene rings is 1. The Morgan fingerprint density at radius 1 is 1.12 bits per heavy atom. The summed E-state index contributed by atoms with van der Waals surface area (Å²) in [5.74, 6) is 0.703. The van der Waals surface area contributed by atoms with Crippen LogP contribution in [0.25, 0.3) is 0 Å². The molecule has 1 aliphatic carbocycles. The van der Waals surface area contributed by atoms with Gasteiger partial charge < -0.3 is 16.0 Å². The van der Waals surface area contributed by atoms with Gasteiger partial charge in [0.1, 0.15) is 0 Å². The highest BCUT2D eigenvalue weighted by molar-refractivity contribution is 5.94. The molecule has 1 saturated carbocycles. The molecule has 0 bridgehead atoms. The second kappa shape index (κ2) is 9.20. The fourth-order valence-electron chi connectivity index (χ4n) is 3.87. The molecule has 1 aliphatic heterocycles. The van der Waals surface area contributed by atoms with Gasteiger partial charge >= 0.3 is 0 Å². The third-order valence-corrected chi connectivity index (χ3v) is 5.20. The number of hydrogen-bond acceptors (Lipinski definition) is 3. The molecule has 25 heavy (non-hydrogen) atoms. The van der Waals surface area contributed by atoms with Crippen LogP contribution >= 0.6 is 12.4 Å². The molecule has 0 spiro atoms. The van der Waals surface area contributed by atoms with Crippen molar-refractivity contribution in [3.8, 4) is 0 Å². The first kappa shape index (κ1) is 19.7. The lowest BCUT2D eigenvalue weighted by atomic mass is 9.85. The molecule has 1 aromatic carbocycles. The summed E-state index contributed by atoms with van der Waals surface area (Å²) in [7, 11) is 0. The van der Waals surface area contributed by atoms with Crippen molar-refractivity contribution >= 4 is 24.2 Å². The molecule has 1 aromatic rings. The van der Waals surface area contributed by atoms with E-state index in [2.05, 4.69) is 16.0 Å². The van der Waals surface area contributed by atoms with Crippen LogP contribution in [-0.4, -0.2) is 30.4 Å². The summed E-state index contributed by atoms with van der Waals surface area (Å²) in [5.41, 5.74) is 1.65. The van der Waals surface area contributed by atoms with Crippen LogP contribution in [0.5, 0.6) is 0 Å². The number of carbonyl (C=O) groups excluding carboxylic acids is 2. The quantitative estimate of drug-likeness (QED) is 0.750.